The molecule has 47 heteroatoms. The number of nitroso groups, excluding NO2 is 1. The standard InChI is InChI=1S/C75H122N26O21/c1-6-40(3)58(60(77)109)99-67(116)50(35-44-21-12-9-13-22-44)95-71(120)59(41(4)7-2)100-68(117)51(36-57(107)108)94-61(110)42(5)101(84)72(121)54(39-103)98-65(114)48(26-18-34-87-75(82)83)92-64(113)47(25-17-33-86-74(80)81)91-63(112)46(23-14-15-31-76)90-66(115)49(28-30-56(105)106)93-69(118)52(37-88-122)96-70(119)53(38-102)97-62(111)45(24-16-32-85-73(78)79)89-55(104)29-27-43-19-10-8-11-20-43/h8-13,19-22,40-42,45-54,58-59,102-103H,6-7,14-18,23-39,76,84H2,1-5H3,(H2,77,109)(H,89,104)(H,90,115)(H,91,112)(H,92,113)(H,93,118)(H,94,110)(H,95,120)(H,96,119)(H,97,111)(H,98,114)(H,99,116)(H,100,117)(H,105,106)(H,107,108)(H4,78,79,85)(H4,80,81,86)(H4,82,83,87)/t40-,41-,42-,45-,46+,47-,48-,49-,50-,51-,52-,53?,54-,58-,59-/m0/s1. The van der Waals surface area contributed by atoms with Crippen LogP contribution in [0.25, 0.3) is 0 Å². The van der Waals surface area contributed by atoms with Gasteiger partial charge >= 0.3 is 11.9 Å². The molecular formula is C75H122N26O21. The average Bonchev–Trinajstić information content (AvgIpc) is 0.840. The molecule has 0 bridgehead atoms. The highest BCUT2D eigenvalue weighted by Gasteiger charge is 2.40. The minimum Gasteiger partial charge on any atom is -0.481 e. The van der Waals surface area contributed by atoms with Gasteiger partial charge in [-0.1, -0.05) is 106 Å². The first-order chi connectivity index (χ1) is 57.7. The maximum absolute atomic E-state index is 14.7. The average molecular weight is 1720 g/mol. The topological polar surface area (TPSA) is 795 Å². The molecule has 0 aliphatic heterocycles. The molecule has 122 heavy (non-hydrogen) atoms. The number of nitrogens with two attached hydrogens (primary N) is 6. The molecular weight excluding hydrogens is 1600 g/mol. The molecule has 678 valence electrons. The second-order valence-electron chi connectivity index (χ2n) is 28.9. The number of carbonyl (C=O) groups excluding carboxylic acids is 14. The maximum atomic E-state index is 14.7. The molecule has 0 heterocycles. The number of amides is 14. The van der Waals surface area contributed by atoms with Crippen molar-refractivity contribution in [1.29, 1.82) is 16.2 Å². The zero-order chi connectivity index (χ0) is 91.7. The molecule has 14 amide bonds. The van der Waals surface area contributed by atoms with Gasteiger partial charge in [-0.15, -0.1) is 0 Å². The van der Waals surface area contributed by atoms with Crippen LogP contribution < -0.4 is 114 Å². The van der Waals surface area contributed by atoms with E-state index in [0.717, 1.165) is 12.5 Å². The van der Waals surface area contributed by atoms with Gasteiger partial charge in [-0.2, -0.15) is 4.91 Å². The summed E-state index contributed by atoms with van der Waals surface area (Å²) in [5.41, 5.74) is 29.2. The zero-order valence-electron chi connectivity index (χ0n) is 69.0. The minimum absolute atomic E-state index is 0.0509. The number of hydrogen-bond acceptors (Lipinski definition) is 25. The third-order valence-corrected chi connectivity index (χ3v) is 19.3. The number of carboxylic acids is 2. The molecule has 15 atom stereocenters. The van der Waals surface area contributed by atoms with E-state index in [0.29, 0.717) is 12.0 Å². The number of unbranched alkanes of at least 4 members (excludes halogenated alkanes) is 1. The Morgan fingerprint density at radius 3 is 1.21 bits per heavy atom. The number of hydrogen-bond donors (Lipinski definition) is 28. The summed E-state index contributed by atoms with van der Waals surface area (Å²) in [6.07, 6.45) is -2.71. The summed E-state index contributed by atoms with van der Waals surface area (Å²) in [7, 11) is 0. The molecule has 2 aromatic rings. The van der Waals surface area contributed by atoms with Crippen molar-refractivity contribution >= 4 is 113 Å². The number of carboxylic acid groups (broad SMARTS) is 2. The number of nitrogens with zero attached hydrogens (tertiary/aromatic N) is 2. The smallest absolute Gasteiger partial charge is 0.305 e. The fraction of sp³-hybridized carbons (Fsp3) is 0.587. The Morgan fingerprint density at radius 1 is 0.418 bits per heavy atom. The van der Waals surface area contributed by atoms with Gasteiger partial charge in [0.1, 0.15) is 85.1 Å². The SMILES string of the molecule is CC[C@H](C)[C@H](NC(=O)[C@H](Cc1ccccc1)NC(=O)[C@@H](NC(=O)[C@H](CC(=O)O)NC(=O)[C@H](C)N(N)C(=O)[C@H](CO)NC(=O)[C@H](CCCNC(=N)N)NC(=O)[C@H](CCCNC(=N)N)NC(=O)[C@@H](CCCCN)NC(=O)[C@H](CCC(=O)O)NC(=O)[C@H](CN=O)NC(=O)C(CO)NC(=O)[C@H](CCCNC(=N)N)NC(=O)CCc1ccccc1)[C@@H](C)CC)C(N)=O. The number of aryl methyl sites for hydroxylation is 1. The predicted octanol–water partition coefficient (Wildman–Crippen LogP) is -7.64. The highest BCUT2D eigenvalue weighted by molar-refractivity contribution is 6.01. The fourth-order valence-corrected chi connectivity index (χ4v) is 11.8. The third-order valence-electron chi connectivity index (χ3n) is 19.3. The summed E-state index contributed by atoms with van der Waals surface area (Å²) in [5.74, 6) is -14.9. The number of aliphatic hydroxyl groups is 2. The van der Waals surface area contributed by atoms with E-state index < -0.39 is 236 Å². The van der Waals surface area contributed by atoms with Crippen LogP contribution in [0.15, 0.2) is 65.8 Å². The number of primary amides is 1. The van der Waals surface area contributed by atoms with Crippen LogP contribution in [-0.4, -0.2) is 262 Å². The number of aliphatic carboxylic acids is 2. The van der Waals surface area contributed by atoms with Crippen LogP contribution in [0.1, 0.15) is 142 Å². The van der Waals surface area contributed by atoms with Crippen LogP contribution in [0, 0.1) is 33.0 Å². The number of rotatable bonds is 60. The van der Waals surface area contributed by atoms with Crippen LogP contribution in [0.3, 0.4) is 0 Å². The molecule has 2 rings (SSSR count). The van der Waals surface area contributed by atoms with Crippen molar-refractivity contribution in [3.8, 4) is 0 Å². The molecule has 0 aliphatic rings. The minimum atomic E-state index is -2.06. The lowest BCUT2D eigenvalue weighted by Crippen LogP contribution is -2.63. The first-order valence-electron chi connectivity index (χ1n) is 39.7. The summed E-state index contributed by atoms with van der Waals surface area (Å²) < 4.78 is 0. The third kappa shape index (κ3) is 39.8. The van der Waals surface area contributed by atoms with E-state index in [-0.39, 0.29) is 121 Å². The maximum Gasteiger partial charge on any atom is 0.305 e. The number of guanidine groups is 3. The van der Waals surface area contributed by atoms with E-state index in [1.807, 2.05) is 0 Å². The number of aliphatic hydroxyl groups excluding tert-OH is 2. The van der Waals surface area contributed by atoms with Crippen molar-refractivity contribution < 1.29 is 97.1 Å². The van der Waals surface area contributed by atoms with Crippen LogP contribution in [-0.2, 0) is 89.6 Å². The van der Waals surface area contributed by atoms with E-state index in [1.54, 1.807) is 88.4 Å². The molecule has 0 spiro atoms. The Hall–Kier alpha value is -12.8. The fourth-order valence-electron chi connectivity index (χ4n) is 11.8. The molecule has 0 saturated carbocycles. The summed E-state index contributed by atoms with van der Waals surface area (Å²) >= 11 is 0. The lowest BCUT2D eigenvalue weighted by Gasteiger charge is -2.31. The zero-order valence-corrected chi connectivity index (χ0v) is 69.0. The van der Waals surface area contributed by atoms with E-state index in [2.05, 4.69) is 84.9 Å². The van der Waals surface area contributed by atoms with Crippen molar-refractivity contribution in [2.24, 2.45) is 51.5 Å². The van der Waals surface area contributed by atoms with Gasteiger partial charge in [0.25, 0.3) is 5.91 Å². The molecule has 34 N–H and O–H groups in total. The lowest BCUT2D eigenvalue weighted by atomic mass is 9.95. The Morgan fingerprint density at radius 2 is 0.787 bits per heavy atom. The van der Waals surface area contributed by atoms with E-state index >= 15 is 0 Å². The second kappa shape index (κ2) is 56.6. The van der Waals surface area contributed by atoms with Gasteiger partial charge in [-0.3, -0.25) is 97.9 Å². The molecule has 1 unspecified atom stereocenters. The molecule has 0 saturated heterocycles. The van der Waals surface area contributed by atoms with Crippen molar-refractivity contribution in [3.05, 3.63) is 76.7 Å². The molecule has 0 aromatic heterocycles. The Labute approximate surface area is 704 Å². The van der Waals surface area contributed by atoms with Gasteiger partial charge in [-0.05, 0) is 107 Å². The summed E-state index contributed by atoms with van der Waals surface area (Å²) in [5, 5.41) is 103. The summed E-state index contributed by atoms with van der Waals surface area (Å²) in [6, 6.07) is -4.90. The summed E-state index contributed by atoms with van der Waals surface area (Å²) in [4.78, 5) is 232. The molecule has 0 fully saturated rings. The van der Waals surface area contributed by atoms with Crippen molar-refractivity contribution in [3.63, 3.8) is 0 Å². The van der Waals surface area contributed by atoms with Crippen LogP contribution >= 0.6 is 0 Å². The summed E-state index contributed by atoms with van der Waals surface area (Å²) in [6.45, 7) is 4.15. The normalized spacial score (nSPS) is 14.6. The number of benzene rings is 2. The van der Waals surface area contributed by atoms with Crippen molar-refractivity contribution in [2.45, 2.75) is 222 Å². The van der Waals surface area contributed by atoms with Crippen molar-refractivity contribution in [2.75, 3.05) is 45.9 Å². The molecule has 0 radical (unpaired) electrons. The van der Waals surface area contributed by atoms with E-state index in [9.17, 15) is 102 Å². The first kappa shape index (κ1) is 105. The lowest BCUT2D eigenvalue weighted by molar-refractivity contribution is -0.146. The Balaban J connectivity index is 2.52. The first-order valence-corrected chi connectivity index (χ1v) is 39.7. The van der Waals surface area contributed by atoms with Gasteiger partial charge in [0.15, 0.2) is 17.9 Å². The number of carbonyl (C=O) groups is 16. The van der Waals surface area contributed by atoms with Gasteiger partial charge in [0.05, 0.1) is 19.6 Å². The van der Waals surface area contributed by atoms with Crippen LogP contribution in [0.2, 0.25) is 0 Å². The number of nitrogens with one attached hydrogen (secondary N) is 18. The van der Waals surface area contributed by atoms with Gasteiger partial charge in [0.2, 0.25) is 76.8 Å². The van der Waals surface area contributed by atoms with Crippen molar-refractivity contribution in [1.82, 2.24) is 84.8 Å². The van der Waals surface area contributed by atoms with Gasteiger partial charge in [-0.25, -0.2) is 5.84 Å². The number of hydrazine groups is 1. The predicted molar refractivity (Wildman–Crippen MR) is 441 cm³/mol. The van der Waals surface area contributed by atoms with Crippen LogP contribution in [0.5, 0.6) is 0 Å². The molecule has 0 aliphatic carbocycles. The highest BCUT2D eigenvalue weighted by atomic mass is 16.4. The van der Waals surface area contributed by atoms with E-state index in [4.69, 9.17) is 50.7 Å². The monoisotopic (exact) mass is 1720 g/mol. The molecule has 2 aromatic carbocycles. The van der Waals surface area contributed by atoms with E-state index in [1.165, 1.54) is 0 Å². The van der Waals surface area contributed by atoms with Gasteiger partial charge < -0.3 is 129 Å². The van der Waals surface area contributed by atoms with Gasteiger partial charge in [0, 0.05) is 38.9 Å². The second-order valence-corrected chi connectivity index (χ2v) is 28.9. The largest absolute Gasteiger partial charge is 0.481 e. The molecule has 47 nitrogen and oxygen atoms in total. The quantitative estimate of drug-likeness (QED) is 0.00556. The Bertz CT molecular complexity index is 3850. The van der Waals surface area contributed by atoms with Crippen LogP contribution in [0.4, 0.5) is 0 Å². The Kier molecular flexibility index (Phi) is 48.9. The highest BCUT2D eigenvalue weighted by Crippen LogP contribution is 2.16.